The van der Waals surface area contributed by atoms with Gasteiger partial charge < -0.3 is 16.0 Å². The Bertz CT molecular complexity index is 125. The molecule has 0 unspecified atom stereocenters. The first-order chi connectivity index (χ1) is 5.68. The van der Waals surface area contributed by atoms with Gasteiger partial charge in [0.2, 0.25) is 5.91 Å². The number of hydrogen-bond donors (Lipinski definition) is 2. The van der Waals surface area contributed by atoms with Gasteiger partial charge in [-0.15, -0.1) is 0 Å². The summed E-state index contributed by atoms with van der Waals surface area (Å²) in [5, 5.41) is 3.14. The van der Waals surface area contributed by atoms with Crippen LogP contribution < -0.4 is 11.1 Å². The van der Waals surface area contributed by atoms with Gasteiger partial charge in [-0.05, 0) is 19.5 Å². The molecule has 0 spiro atoms. The van der Waals surface area contributed by atoms with Gasteiger partial charge in [0.1, 0.15) is 0 Å². The third kappa shape index (κ3) is 6.12. The minimum Gasteiger partial charge on any atom is -0.349 e. The third-order valence-corrected chi connectivity index (χ3v) is 1.57. The molecular weight excluding hydrogens is 154 g/mol. The molecule has 0 aliphatic carbocycles. The summed E-state index contributed by atoms with van der Waals surface area (Å²) in [7, 11) is 3.53. The summed E-state index contributed by atoms with van der Waals surface area (Å²) in [6, 6.07) is 0. The van der Waals surface area contributed by atoms with Crippen LogP contribution in [0.25, 0.3) is 0 Å². The van der Waals surface area contributed by atoms with E-state index in [0.29, 0.717) is 13.0 Å². The Morgan fingerprint density at radius 2 is 2.08 bits per heavy atom. The van der Waals surface area contributed by atoms with Crippen molar-refractivity contribution in [3.8, 4) is 0 Å². The number of nitrogens with one attached hydrogen (secondary N) is 1. The van der Waals surface area contributed by atoms with Crippen LogP contribution in [0.15, 0.2) is 0 Å². The highest BCUT2D eigenvalue weighted by Gasteiger charge is 2.01. The summed E-state index contributed by atoms with van der Waals surface area (Å²) in [5.74, 6) is 0.162. The van der Waals surface area contributed by atoms with Crippen molar-refractivity contribution in [2.45, 2.75) is 12.8 Å². The predicted octanol–water partition coefficient (Wildman–Crippen LogP) is -0.597. The van der Waals surface area contributed by atoms with Crippen LogP contribution in [-0.4, -0.2) is 44.5 Å². The van der Waals surface area contributed by atoms with Gasteiger partial charge in [-0.2, -0.15) is 0 Å². The summed E-state index contributed by atoms with van der Waals surface area (Å²) in [6.45, 7) is 2.35. The van der Waals surface area contributed by atoms with Gasteiger partial charge in [0.25, 0.3) is 0 Å². The number of carbonyl (C=O) groups is 1. The maximum absolute atomic E-state index is 11.0. The van der Waals surface area contributed by atoms with Crippen molar-refractivity contribution in [3.05, 3.63) is 0 Å². The van der Waals surface area contributed by atoms with E-state index < -0.39 is 0 Å². The van der Waals surface area contributed by atoms with E-state index in [9.17, 15) is 4.79 Å². The lowest BCUT2D eigenvalue weighted by atomic mass is 10.3. The monoisotopic (exact) mass is 173 g/mol. The maximum Gasteiger partial charge on any atom is 0.223 e. The van der Waals surface area contributed by atoms with Crippen molar-refractivity contribution in [2.75, 3.05) is 33.7 Å². The van der Waals surface area contributed by atoms with Gasteiger partial charge in [0, 0.05) is 27.1 Å². The van der Waals surface area contributed by atoms with Gasteiger partial charge in [-0.3, -0.25) is 4.79 Å². The number of nitrogens with zero attached hydrogens (tertiary/aromatic N) is 1. The van der Waals surface area contributed by atoms with Crippen LogP contribution in [0.4, 0.5) is 0 Å². The summed E-state index contributed by atoms with van der Waals surface area (Å²) in [4.78, 5) is 12.6. The number of amides is 1. The first kappa shape index (κ1) is 11.4. The SMILES string of the molecule is CN(C)C(=O)CCNCCCN. The zero-order valence-electron chi connectivity index (χ0n) is 7.97. The van der Waals surface area contributed by atoms with Crippen molar-refractivity contribution >= 4 is 5.91 Å². The first-order valence-electron chi connectivity index (χ1n) is 4.29. The molecule has 0 fully saturated rings. The van der Waals surface area contributed by atoms with Crippen molar-refractivity contribution in [2.24, 2.45) is 5.73 Å². The van der Waals surface area contributed by atoms with Crippen LogP contribution in [0.3, 0.4) is 0 Å². The van der Waals surface area contributed by atoms with Crippen LogP contribution in [0.5, 0.6) is 0 Å². The highest BCUT2D eigenvalue weighted by atomic mass is 16.2. The van der Waals surface area contributed by atoms with E-state index in [-0.39, 0.29) is 5.91 Å². The molecule has 0 aromatic heterocycles. The van der Waals surface area contributed by atoms with Crippen LogP contribution in [0, 0.1) is 0 Å². The zero-order valence-corrected chi connectivity index (χ0v) is 7.97. The lowest BCUT2D eigenvalue weighted by Gasteiger charge is -2.09. The number of hydrogen-bond acceptors (Lipinski definition) is 3. The lowest BCUT2D eigenvalue weighted by molar-refractivity contribution is -0.128. The molecule has 1 amide bonds. The minimum atomic E-state index is 0.162. The Balaban J connectivity index is 3.14. The highest BCUT2D eigenvalue weighted by Crippen LogP contribution is 1.84. The molecule has 4 nitrogen and oxygen atoms in total. The highest BCUT2D eigenvalue weighted by molar-refractivity contribution is 5.75. The largest absolute Gasteiger partial charge is 0.349 e. The lowest BCUT2D eigenvalue weighted by Crippen LogP contribution is -2.27. The van der Waals surface area contributed by atoms with Crippen molar-refractivity contribution in [1.29, 1.82) is 0 Å². The molecule has 72 valence electrons. The molecule has 0 aromatic rings. The van der Waals surface area contributed by atoms with Crippen LogP contribution in [0.1, 0.15) is 12.8 Å². The van der Waals surface area contributed by atoms with Crippen LogP contribution in [0.2, 0.25) is 0 Å². The van der Waals surface area contributed by atoms with E-state index in [2.05, 4.69) is 5.32 Å². The Hall–Kier alpha value is -0.610. The van der Waals surface area contributed by atoms with Crippen molar-refractivity contribution < 1.29 is 4.79 Å². The minimum absolute atomic E-state index is 0.162. The molecule has 0 saturated carbocycles. The predicted molar refractivity (Wildman–Crippen MR) is 49.9 cm³/mol. The van der Waals surface area contributed by atoms with Gasteiger partial charge >= 0.3 is 0 Å². The second kappa shape index (κ2) is 7.06. The van der Waals surface area contributed by atoms with Crippen LogP contribution in [-0.2, 0) is 4.79 Å². The number of carbonyl (C=O) groups excluding carboxylic acids is 1. The average Bonchev–Trinajstić information content (AvgIpc) is 2.03. The van der Waals surface area contributed by atoms with Gasteiger partial charge in [0.05, 0.1) is 0 Å². The number of rotatable bonds is 6. The smallest absolute Gasteiger partial charge is 0.223 e. The van der Waals surface area contributed by atoms with E-state index in [1.54, 1.807) is 19.0 Å². The summed E-state index contributed by atoms with van der Waals surface area (Å²) >= 11 is 0. The summed E-state index contributed by atoms with van der Waals surface area (Å²) in [6.07, 6.45) is 1.54. The molecule has 0 heterocycles. The van der Waals surface area contributed by atoms with Crippen molar-refractivity contribution in [1.82, 2.24) is 10.2 Å². The van der Waals surface area contributed by atoms with Gasteiger partial charge in [-0.1, -0.05) is 0 Å². The fourth-order valence-electron chi connectivity index (χ4n) is 0.771. The Morgan fingerprint density at radius 3 is 2.58 bits per heavy atom. The van der Waals surface area contributed by atoms with E-state index in [1.807, 2.05) is 0 Å². The quantitative estimate of drug-likeness (QED) is 0.527. The van der Waals surface area contributed by atoms with E-state index in [0.717, 1.165) is 19.5 Å². The van der Waals surface area contributed by atoms with E-state index in [1.165, 1.54) is 0 Å². The molecule has 0 saturated heterocycles. The second-order valence-corrected chi connectivity index (χ2v) is 2.93. The van der Waals surface area contributed by atoms with E-state index in [4.69, 9.17) is 5.73 Å². The van der Waals surface area contributed by atoms with Crippen LogP contribution >= 0.6 is 0 Å². The molecule has 0 aliphatic heterocycles. The third-order valence-electron chi connectivity index (χ3n) is 1.57. The maximum atomic E-state index is 11.0. The molecule has 3 N–H and O–H groups in total. The van der Waals surface area contributed by atoms with Gasteiger partial charge in [0.15, 0.2) is 0 Å². The number of nitrogens with two attached hydrogens (primary N) is 1. The molecule has 4 heteroatoms. The zero-order chi connectivity index (χ0) is 9.40. The topological polar surface area (TPSA) is 58.4 Å². The molecule has 0 atom stereocenters. The molecule has 0 radical (unpaired) electrons. The Morgan fingerprint density at radius 1 is 1.42 bits per heavy atom. The average molecular weight is 173 g/mol. The molecule has 0 bridgehead atoms. The fourth-order valence-corrected chi connectivity index (χ4v) is 0.771. The molecule has 0 aliphatic rings. The molecule has 0 aromatic carbocycles. The standard InChI is InChI=1S/C8H19N3O/c1-11(2)8(12)4-7-10-6-3-5-9/h10H,3-7,9H2,1-2H3. The van der Waals surface area contributed by atoms with Gasteiger partial charge in [-0.25, -0.2) is 0 Å². The summed E-state index contributed by atoms with van der Waals surface area (Å²) < 4.78 is 0. The first-order valence-corrected chi connectivity index (χ1v) is 4.29. The van der Waals surface area contributed by atoms with Crippen molar-refractivity contribution in [3.63, 3.8) is 0 Å². The Labute approximate surface area is 74.1 Å². The second-order valence-electron chi connectivity index (χ2n) is 2.93. The Kier molecular flexibility index (Phi) is 6.70. The normalized spacial score (nSPS) is 9.92. The molecule has 12 heavy (non-hydrogen) atoms. The summed E-state index contributed by atoms with van der Waals surface area (Å²) in [5.41, 5.74) is 5.30. The molecular formula is C8H19N3O. The molecule has 0 rings (SSSR count). The fraction of sp³-hybridized carbons (Fsp3) is 0.875. The van der Waals surface area contributed by atoms with E-state index >= 15 is 0 Å².